The summed E-state index contributed by atoms with van der Waals surface area (Å²) < 4.78 is 20.1. The van der Waals surface area contributed by atoms with Gasteiger partial charge in [-0.2, -0.15) is 0 Å². The average Bonchev–Trinajstić information content (AvgIpc) is 3.06. The Morgan fingerprint density at radius 3 is 3.07 bits per heavy atom. The molecule has 0 unspecified atom stereocenters. The van der Waals surface area contributed by atoms with Crippen molar-refractivity contribution in [1.82, 2.24) is 15.3 Å². The van der Waals surface area contributed by atoms with Gasteiger partial charge in [0.15, 0.2) is 0 Å². The Hall–Kier alpha value is -3.23. The normalized spacial score (nSPS) is 18.6. The summed E-state index contributed by atoms with van der Waals surface area (Å²) in [5, 5.41) is 2.62. The van der Waals surface area contributed by atoms with Crippen LogP contribution < -0.4 is 15.1 Å². The highest BCUT2D eigenvalue weighted by Gasteiger charge is 2.33. The lowest BCUT2D eigenvalue weighted by Gasteiger charge is -2.30. The zero-order chi connectivity index (χ0) is 19.7. The molecule has 0 radical (unpaired) electrons. The van der Waals surface area contributed by atoms with Crippen molar-refractivity contribution in [3.8, 4) is 0 Å². The number of fused-ring (bicyclic) bond motifs is 1. The molecule has 2 aliphatic rings. The monoisotopic (exact) mass is 385 g/mol. The van der Waals surface area contributed by atoms with Crippen LogP contribution in [-0.2, 0) is 22.5 Å². The number of nitrogens with one attached hydrogen (secondary N) is 1. The van der Waals surface area contributed by atoms with Crippen LogP contribution in [0.3, 0.4) is 0 Å². The molecule has 0 bridgehead atoms. The van der Waals surface area contributed by atoms with E-state index >= 15 is 0 Å². The van der Waals surface area contributed by atoms with Gasteiger partial charge in [-0.15, -0.1) is 0 Å². The summed E-state index contributed by atoms with van der Waals surface area (Å²) in [5.41, 5.74) is 2.88. The fraction of sp³-hybridized carbons (Fsp3) is 0.368. The second-order valence-electron chi connectivity index (χ2n) is 6.86. The number of carbonyl (C=O) groups excluding carboxylic acids is 2. The van der Waals surface area contributed by atoms with Gasteiger partial charge in [0.1, 0.15) is 18.2 Å². The second-order valence-corrected chi connectivity index (χ2v) is 6.86. The summed E-state index contributed by atoms with van der Waals surface area (Å²) in [6, 6.07) is 4.72. The first kappa shape index (κ1) is 18.1. The van der Waals surface area contributed by atoms with Crippen molar-refractivity contribution in [3.05, 3.63) is 47.8 Å². The highest BCUT2D eigenvalue weighted by Crippen LogP contribution is 2.30. The SMILES string of the molecule is CC(=O)NC[C@H]1CN(c2ccc(N3CCc4ncncc4C3)c(F)c2)C(=O)O1. The van der Waals surface area contributed by atoms with Gasteiger partial charge in [0.2, 0.25) is 5.91 Å². The van der Waals surface area contributed by atoms with Gasteiger partial charge in [-0.05, 0) is 18.2 Å². The molecule has 1 saturated heterocycles. The molecule has 8 nitrogen and oxygen atoms in total. The first-order chi connectivity index (χ1) is 13.5. The molecule has 1 aromatic carbocycles. The van der Waals surface area contributed by atoms with Gasteiger partial charge in [-0.25, -0.2) is 19.2 Å². The summed E-state index contributed by atoms with van der Waals surface area (Å²) in [6.07, 6.45) is 3.00. The summed E-state index contributed by atoms with van der Waals surface area (Å²) in [7, 11) is 0. The Morgan fingerprint density at radius 1 is 1.43 bits per heavy atom. The van der Waals surface area contributed by atoms with Crippen LogP contribution in [0, 0.1) is 5.82 Å². The maximum atomic E-state index is 14.8. The molecule has 2 aromatic rings. The minimum absolute atomic E-state index is 0.196. The maximum absolute atomic E-state index is 14.8. The van der Waals surface area contributed by atoms with E-state index in [0.717, 1.165) is 17.7 Å². The first-order valence-electron chi connectivity index (χ1n) is 9.06. The van der Waals surface area contributed by atoms with Crippen molar-refractivity contribution < 1.29 is 18.7 Å². The van der Waals surface area contributed by atoms with Crippen LogP contribution in [0.15, 0.2) is 30.7 Å². The van der Waals surface area contributed by atoms with E-state index in [1.807, 2.05) is 4.90 Å². The van der Waals surface area contributed by atoms with E-state index in [4.69, 9.17) is 4.74 Å². The summed E-state index contributed by atoms with van der Waals surface area (Å²) >= 11 is 0. The van der Waals surface area contributed by atoms with Crippen molar-refractivity contribution in [2.75, 3.05) is 29.4 Å². The van der Waals surface area contributed by atoms with Gasteiger partial charge in [0.25, 0.3) is 0 Å². The molecular weight excluding hydrogens is 365 g/mol. The average molecular weight is 385 g/mol. The van der Waals surface area contributed by atoms with Gasteiger partial charge >= 0.3 is 6.09 Å². The lowest BCUT2D eigenvalue weighted by molar-refractivity contribution is -0.119. The topological polar surface area (TPSA) is 87.7 Å². The summed E-state index contributed by atoms with van der Waals surface area (Å²) in [5.74, 6) is -0.602. The number of benzene rings is 1. The molecule has 1 aromatic heterocycles. The maximum Gasteiger partial charge on any atom is 0.414 e. The molecule has 3 heterocycles. The van der Waals surface area contributed by atoms with Gasteiger partial charge in [0, 0.05) is 38.2 Å². The zero-order valence-electron chi connectivity index (χ0n) is 15.4. The number of cyclic esters (lactones) is 1. The molecule has 0 spiro atoms. The molecule has 1 fully saturated rings. The number of hydrogen-bond acceptors (Lipinski definition) is 6. The third-order valence-corrected chi connectivity index (χ3v) is 4.90. The fourth-order valence-electron chi connectivity index (χ4n) is 3.49. The Morgan fingerprint density at radius 2 is 2.29 bits per heavy atom. The van der Waals surface area contributed by atoms with Crippen molar-refractivity contribution in [2.24, 2.45) is 0 Å². The van der Waals surface area contributed by atoms with Crippen LogP contribution in [-0.4, -0.2) is 47.7 Å². The standard InChI is InChI=1S/C19H20FN5O3/c1-12(26)22-8-15-10-25(19(27)28-15)14-2-3-18(16(20)6-14)24-5-4-17-13(9-24)7-21-11-23-17/h2-3,6-7,11,15H,4-5,8-10H2,1H3,(H,22,26)/t15-/m0/s1. The van der Waals surface area contributed by atoms with E-state index in [0.29, 0.717) is 24.5 Å². The molecule has 4 rings (SSSR count). The van der Waals surface area contributed by atoms with Crippen molar-refractivity contribution in [3.63, 3.8) is 0 Å². The van der Waals surface area contributed by atoms with Gasteiger partial charge < -0.3 is 15.0 Å². The Balaban J connectivity index is 1.48. The molecule has 1 atom stereocenters. The van der Waals surface area contributed by atoms with Crippen molar-refractivity contribution >= 4 is 23.4 Å². The molecule has 9 heteroatoms. The number of nitrogens with zero attached hydrogens (tertiary/aromatic N) is 4. The fourth-order valence-corrected chi connectivity index (χ4v) is 3.49. The van der Waals surface area contributed by atoms with E-state index < -0.39 is 18.0 Å². The van der Waals surface area contributed by atoms with Crippen molar-refractivity contribution in [2.45, 2.75) is 26.0 Å². The number of hydrogen-bond donors (Lipinski definition) is 1. The van der Waals surface area contributed by atoms with Gasteiger partial charge in [-0.1, -0.05) is 0 Å². The number of ether oxygens (including phenoxy) is 1. The van der Waals surface area contributed by atoms with Crippen LogP contribution >= 0.6 is 0 Å². The Bertz CT molecular complexity index is 922. The summed E-state index contributed by atoms with van der Waals surface area (Å²) in [6.45, 7) is 3.08. The largest absolute Gasteiger partial charge is 0.442 e. The smallest absolute Gasteiger partial charge is 0.414 e. The van der Waals surface area contributed by atoms with Gasteiger partial charge in [0.05, 0.1) is 30.2 Å². The quantitative estimate of drug-likeness (QED) is 0.861. The van der Waals surface area contributed by atoms with Crippen LogP contribution in [0.1, 0.15) is 18.2 Å². The number of aromatic nitrogens is 2. The highest BCUT2D eigenvalue weighted by molar-refractivity contribution is 5.90. The predicted octanol–water partition coefficient (Wildman–Crippen LogP) is 1.64. The second kappa shape index (κ2) is 7.41. The summed E-state index contributed by atoms with van der Waals surface area (Å²) in [4.78, 5) is 34.7. The van der Waals surface area contributed by atoms with Crippen molar-refractivity contribution in [1.29, 1.82) is 0 Å². The molecule has 1 N–H and O–H groups in total. The van der Waals surface area contributed by atoms with E-state index in [2.05, 4.69) is 15.3 Å². The minimum atomic E-state index is -0.549. The third-order valence-electron chi connectivity index (χ3n) is 4.90. The predicted molar refractivity (Wildman–Crippen MR) is 99.5 cm³/mol. The number of anilines is 2. The number of rotatable bonds is 4. The molecule has 146 valence electrons. The van der Waals surface area contributed by atoms with Crippen LogP contribution in [0.25, 0.3) is 0 Å². The molecule has 2 aliphatic heterocycles. The van der Waals surface area contributed by atoms with Crippen LogP contribution in [0.4, 0.5) is 20.6 Å². The van der Waals surface area contributed by atoms with E-state index in [1.165, 1.54) is 24.2 Å². The molecule has 0 saturated carbocycles. The first-order valence-corrected chi connectivity index (χ1v) is 9.06. The number of halogens is 1. The molecule has 0 aliphatic carbocycles. The minimum Gasteiger partial charge on any atom is -0.442 e. The third kappa shape index (κ3) is 3.60. The Kier molecular flexibility index (Phi) is 4.81. The molecule has 28 heavy (non-hydrogen) atoms. The van der Waals surface area contributed by atoms with Crippen LogP contribution in [0.5, 0.6) is 0 Å². The lowest BCUT2D eigenvalue weighted by Crippen LogP contribution is -2.33. The van der Waals surface area contributed by atoms with E-state index in [9.17, 15) is 14.0 Å². The van der Waals surface area contributed by atoms with Gasteiger partial charge in [-0.3, -0.25) is 9.69 Å². The zero-order valence-corrected chi connectivity index (χ0v) is 15.4. The molecule has 2 amide bonds. The number of amides is 2. The Labute approximate surface area is 161 Å². The lowest BCUT2D eigenvalue weighted by atomic mass is 10.1. The number of carbonyl (C=O) groups is 2. The molecular formula is C19H20FN5O3. The highest BCUT2D eigenvalue weighted by atomic mass is 19.1. The van der Waals surface area contributed by atoms with Crippen LogP contribution in [0.2, 0.25) is 0 Å². The van der Waals surface area contributed by atoms with E-state index in [1.54, 1.807) is 18.3 Å². The van der Waals surface area contributed by atoms with E-state index in [-0.39, 0.29) is 19.0 Å².